The lowest BCUT2D eigenvalue weighted by Crippen LogP contribution is -1.96. The minimum atomic E-state index is -0.409. The van der Waals surface area contributed by atoms with E-state index in [4.69, 9.17) is 11.6 Å². The Hall–Kier alpha value is -0.960. The monoisotopic (exact) mass is 278 g/mol. The number of benzene rings is 2. The molecule has 0 aliphatic rings. The van der Waals surface area contributed by atoms with E-state index < -0.39 is 6.10 Å². The van der Waals surface area contributed by atoms with Crippen LogP contribution in [0.5, 0.6) is 0 Å². The predicted octanol–water partition coefficient (Wildman–Crippen LogP) is 4.93. The summed E-state index contributed by atoms with van der Waals surface area (Å²) in [4.78, 5) is 2.16. The molecule has 1 atom stereocenters. The second-order valence-corrected chi connectivity index (χ2v) is 5.57. The molecule has 0 bridgehead atoms. The summed E-state index contributed by atoms with van der Waals surface area (Å²) in [6.07, 6.45) is 0.306. The second-order valence-electron chi connectivity index (χ2n) is 4.02. The number of hydrogen-bond acceptors (Lipinski definition) is 2. The summed E-state index contributed by atoms with van der Waals surface area (Å²) in [5.41, 5.74) is 0.977. The third-order valence-electron chi connectivity index (χ3n) is 2.69. The summed E-state index contributed by atoms with van der Waals surface area (Å²) in [7, 11) is 0. The smallest absolute Gasteiger partial charge is 0.0798 e. The average Bonchev–Trinajstić information content (AvgIpc) is 2.38. The summed E-state index contributed by atoms with van der Waals surface area (Å²) in [5.74, 6) is 0. The zero-order valence-electron chi connectivity index (χ0n) is 10.1. The lowest BCUT2D eigenvalue weighted by Gasteiger charge is -2.13. The van der Waals surface area contributed by atoms with E-state index >= 15 is 0 Å². The highest BCUT2D eigenvalue weighted by Gasteiger charge is 2.10. The third kappa shape index (κ3) is 3.29. The molecule has 0 saturated heterocycles. The van der Waals surface area contributed by atoms with Crippen molar-refractivity contribution in [1.82, 2.24) is 0 Å². The summed E-state index contributed by atoms with van der Waals surface area (Å²) in [5, 5.41) is 10.7. The molecule has 3 heteroatoms. The van der Waals surface area contributed by atoms with Crippen molar-refractivity contribution in [3.63, 3.8) is 0 Å². The maximum atomic E-state index is 10.0. The fraction of sp³-hybridized carbons (Fsp3) is 0.200. The van der Waals surface area contributed by atoms with Crippen molar-refractivity contribution in [2.45, 2.75) is 29.2 Å². The molecule has 1 N–H and O–H groups in total. The van der Waals surface area contributed by atoms with Gasteiger partial charge in [0.05, 0.1) is 6.10 Å². The van der Waals surface area contributed by atoms with Gasteiger partial charge in [-0.25, -0.2) is 0 Å². The summed E-state index contributed by atoms with van der Waals surface area (Å²) in [6, 6.07) is 15.7. The fourth-order valence-electron chi connectivity index (χ4n) is 1.73. The van der Waals surface area contributed by atoms with Gasteiger partial charge in [0.25, 0.3) is 0 Å². The Balaban J connectivity index is 2.29. The van der Waals surface area contributed by atoms with Gasteiger partial charge in [0.15, 0.2) is 0 Å². The highest BCUT2D eigenvalue weighted by molar-refractivity contribution is 7.99. The minimum absolute atomic E-state index is 0.409. The van der Waals surface area contributed by atoms with E-state index in [0.29, 0.717) is 6.42 Å². The quantitative estimate of drug-likeness (QED) is 0.855. The normalized spacial score (nSPS) is 12.4. The number of aliphatic hydroxyl groups is 1. The standard InChI is InChI=1S/C15H15ClOS/c1-2-14(17)13-8-3-4-9-15(13)18-12-7-5-6-11(16)10-12/h3-10,14,17H,2H2,1H3. The van der Waals surface area contributed by atoms with Gasteiger partial charge < -0.3 is 5.11 Å². The first kappa shape index (κ1) is 13.5. The highest BCUT2D eigenvalue weighted by Crippen LogP contribution is 2.34. The molecule has 94 valence electrons. The van der Waals surface area contributed by atoms with Crippen LogP contribution in [0, 0.1) is 0 Å². The van der Waals surface area contributed by atoms with Crippen molar-refractivity contribution in [3.8, 4) is 0 Å². The first-order valence-corrected chi connectivity index (χ1v) is 7.10. The summed E-state index contributed by atoms with van der Waals surface area (Å²) >= 11 is 7.61. The SMILES string of the molecule is CCC(O)c1ccccc1Sc1cccc(Cl)c1. The van der Waals surface area contributed by atoms with Crippen LogP contribution in [0.4, 0.5) is 0 Å². The zero-order valence-corrected chi connectivity index (χ0v) is 11.7. The van der Waals surface area contributed by atoms with Crippen LogP contribution in [-0.4, -0.2) is 5.11 Å². The Morgan fingerprint density at radius 2 is 1.94 bits per heavy atom. The van der Waals surface area contributed by atoms with E-state index in [1.54, 1.807) is 11.8 Å². The molecule has 2 aromatic carbocycles. The predicted molar refractivity (Wildman–Crippen MR) is 77.3 cm³/mol. The molecule has 0 aliphatic heterocycles. The Kier molecular flexibility index (Phi) is 4.70. The third-order valence-corrected chi connectivity index (χ3v) is 4.01. The molecule has 0 amide bonds. The van der Waals surface area contributed by atoms with E-state index in [1.165, 1.54) is 0 Å². The molecule has 2 aromatic rings. The average molecular weight is 279 g/mol. The van der Waals surface area contributed by atoms with Crippen molar-refractivity contribution in [3.05, 3.63) is 59.1 Å². The van der Waals surface area contributed by atoms with E-state index in [1.807, 2.05) is 55.5 Å². The molecule has 0 radical (unpaired) electrons. The van der Waals surface area contributed by atoms with Gasteiger partial charge in [-0.15, -0.1) is 0 Å². The van der Waals surface area contributed by atoms with Gasteiger partial charge in [0, 0.05) is 14.8 Å². The molecule has 2 rings (SSSR count). The van der Waals surface area contributed by atoms with E-state index in [-0.39, 0.29) is 0 Å². The minimum Gasteiger partial charge on any atom is -0.388 e. The zero-order chi connectivity index (χ0) is 13.0. The van der Waals surface area contributed by atoms with Crippen molar-refractivity contribution in [1.29, 1.82) is 0 Å². The molecule has 0 heterocycles. The maximum Gasteiger partial charge on any atom is 0.0798 e. The van der Waals surface area contributed by atoms with Crippen molar-refractivity contribution in [2.75, 3.05) is 0 Å². The van der Waals surface area contributed by atoms with Crippen LogP contribution in [0.1, 0.15) is 25.0 Å². The van der Waals surface area contributed by atoms with E-state index in [2.05, 4.69) is 0 Å². The molecule has 18 heavy (non-hydrogen) atoms. The lowest BCUT2D eigenvalue weighted by atomic mass is 10.1. The second kappa shape index (κ2) is 6.28. The van der Waals surface area contributed by atoms with Gasteiger partial charge in [-0.1, -0.05) is 54.6 Å². The van der Waals surface area contributed by atoms with Gasteiger partial charge in [-0.2, -0.15) is 0 Å². The summed E-state index contributed by atoms with van der Waals surface area (Å²) in [6.45, 7) is 1.98. The van der Waals surface area contributed by atoms with Crippen molar-refractivity contribution < 1.29 is 5.11 Å². The molecule has 0 spiro atoms. The number of aliphatic hydroxyl groups excluding tert-OH is 1. The molecule has 1 unspecified atom stereocenters. The molecular formula is C15H15ClOS. The Morgan fingerprint density at radius 1 is 1.17 bits per heavy atom. The van der Waals surface area contributed by atoms with Crippen LogP contribution in [0.2, 0.25) is 5.02 Å². The first-order valence-electron chi connectivity index (χ1n) is 5.91. The molecule has 0 fully saturated rings. The molecular weight excluding hydrogens is 264 g/mol. The number of hydrogen-bond donors (Lipinski definition) is 1. The number of halogens is 1. The Morgan fingerprint density at radius 3 is 2.67 bits per heavy atom. The van der Waals surface area contributed by atoms with Crippen LogP contribution in [0.15, 0.2) is 58.3 Å². The molecule has 1 nitrogen and oxygen atoms in total. The molecule has 0 aliphatic carbocycles. The van der Waals surface area contributed by atoms with Crippen molar-refractivity contribution in [2.24, 2.45) is 0 Å². The topological polar surface area (TPSA) is 20.2 Å². The van der Waals surface area contributed by atoms with Gasteiger partial charge in [0.1, 0.15) is 0 Å². The lowest BCUT2D eigenvalue weighted by molar-refractivity contribution is 0.171. The fourth-order valence-corrected chi connectivity index (χ4v) is 3.04. The summed E-state index contributed by atoms with van der Waals surface area (Å²) < 4.78 is 0. The van der Waals surface area contributed by atoms with Gasteiger partial charge in [-0.3, -0.25) is 0 Å². The van der Waals surface area contributed by atoms with E-state index in [0.717, 1.165) is 20.4 Å². The van der Waals surface area contributed by atoms with Gasteiger partial charge in [0.2, 0.25) is 0 Å². The largest absolute Gasteiger partial charge is 0.388 e. The van der Waals surface area contributed by atoms with Crippen LogP contribution < -0.4 is 0 Å². The Labute approximate surface area is 117 Å². The van der Waals surface area contributed by atoms with Crippen LogP contribution in [-0.2, 0) is 0 Å². The molecule has 0 saturated carbocycles. The van der Waals surface area contributed by atoms with Crippen LogP contribution in [0.25, 0.3) is 0 Å². The Bertz CT molecular complexity index is 527. The molecule has 0 aromatic heterocycles. The van der Waals surface area contributed by atoms with Gasteiger partial charge >= 0.3 is 0 Å². The van der Waals surface area contributed by atoms with Crippen LogP contribution in [0.3, 0.4) is 0 Å². The first-order chi connectivity index (χ1) is 8.70. The highest BCUT2D eigenvalue weighted by atomic mass is 35.5. The number of rotatable bonds is 4. The maximum absolute atomic E-state index is 10.0. The van der Waals surface area contributed by atoms with Gasteiger partial charge in [-0.05, 0) is 36.2 Å². The van der Waals surface area contributed by atoms with Crippen LogP contribution >= 0.6 is 23.4 Å². The van der Waals surface area contributed by atoms with Crippen molar-refractivity contribution >= 4 is 23.4 Å². The van der Waals surface area contributed by atoms with E-state index in [9.17, 15) is 5.11 Å².